The highest BCUT2D eigenvalue weighted by molar-refractivity contribution is 7.89. The van der Waals surface area contributed by atoms with Gasteiger partial charge in [0.25, 0.3) is 10.0 Å². The molecular weight excluding hydrogens is 282 g/mol. The average Bonchev–Trinajstić information content (AvgIpc) is 2.98. The first-order valence-corrected chi connectivity index (χ1v) is 8.00. The van der Waals surface area contributed by atoms with Crippen molar-refractivity contribution in [3.63, 3.8) is 0 Å². The molecule has 0 saturated carbocycles. The number of aromatic nitrogens is 2. The topological polar surface area (TPSA) is 81.5 Å². The fourth-order valence-electron chi connectivity index (χ4n) is 2.27. The number of nitrogens with zero attached hydrogens (tertiary/aromatic N) is 3. The molecule has 0 radical (unpaired) electrons. The van der Waals surface area contributed by atoms with Crippen LogP contribution in [0.3, 0.4) is 0 Å². The largest absolute Gasteiger partial charge is 0.465 e. The maximum Gasteiger partial charge on any atom is 0.324 e. The van der Waals surface area contributed by atoms with Gasteiger partial charge in [0.15, 0.2) is 5.03 Å². The molecule has 1 saturated heterocycles. The van der Waals surface area contributed by atoms with Gasteiger partial charge < -0.3 is 9.30 Å². The molecule has 1 aliphatic rings. The van der Waals surface area contributed by atoms with E-state index in [-0.39, 0.29) is 11.6 Å². The van der Waals surface area contributed by atoms with Crippen LogP contribution in [0.4, 0.5) is 0 Å². The van der Waals surface area contributed by atoms with Crippen molar-refractivity contribution in [1.82, 2.24) is 13.9 Å². The summed E-state index contributed by atoms with van der Waals surface area (Å²) in [6.07, 6.45) is 2.60. The zero-order valence-electron chi connectivity index (χ0n) is 11.9. The SMILES string of the molecule is CCOC(=O)C1CCCN1S(=O)(=O)c1cn(C)c(C)n1. The van der Waals surface area contributed by atoms with Crippen molar-refractivity contribution >= 4 is 16.0 Å². The van der Waals surface area contributed by atoms with Crippen LogP contribution >= 0.6 is 0 Å². The third-order valence-corrected chi connectivity index (χ3v) is 5.20. The second kappa shape index (κ2) is 5.53. The summed E-state index contributed by atoms with van der Waals surface area (Å²) in [7, 11) is -2.02. The minimum Gasteiger partial charge on any atom is -0.465 e. The molecule has 1 aromatic rings. The molecule has 1 unspecified atom stereocenters. The first-order chi connectivity index (χ1) is 9.37. The highest BCUT2D eigenvalue weighted by Crippen LogP contribution is 2.26. The molecule has 112 valence electrons. The first kappa shape index (κ1) is 15.0. The molecule has 0 aliphatic carbocycles. The van der Waals surface area contributed by atoms with E-state index in [4.69, 9.17) is 4.74 Å². The molecule has 0 bridgehead atoms. The summed E-state index contributed by atoms with van der Waals surface area (Å²) >= 11 is 0. The van der Waals surface area contributed by atoms with Crippen LogP contribution in [-0.2, 0) is 26.6 Å². The summed E-state index contributed by atoms with van der Waals surface area (Å²) in [6.45, 7) is 3.99. The van der Waals surface area contributed by atoms with Crippen LogP contribution < -0.4 is 0 Å². The number of rotatable bonds is 4. The van der Waals surface area contributed by atoms with E-state index in [1.807, 2.05) is 0 Å². The zero-order chi connectivity index (χ0) is 14.9. The van der Waals surface area contributed by atoms with E-state index in [2.05, 4.69) is 4.98 Å². The predicted octanol–water partition coefficient (Wildman–Crippen LogP) is 0.445. The van der Waals surface area contributed by atoms with E-state index in [0.717, 1.165) is 0 Å². The Labute approximate surface area is 118 Å². The molecule has 0 aromatic carbocycles. The molecule has 1 aromatic heterocycles. The van der Waals surface area contributed by atoms with Crippen molar-refractivity contribution in [1.29, 1.82) is 0 Å². The summed E-state index contributed by atoms with van der Waals surface area (Å²) in [5.41, 5.74) is 0. The molecule has 0 N–H and O–H groups in total. The van der Waals surface area contributed by atoms with Gasteiger partial charge in [-0.25, -0.2) is 13.4 Å². The lowest BCUT2D eigenvalue weighted by Crippen LogP contribution is -2.41. The number of hydrogen-bond acceptors (Lipinski definition) is 5. The molecule has 20 heavy (non-hydrogen) atoms. The Bertz CT molecular complexity index is 589. The average molecular weight is 301 g/mol. The van der Waals surface area contributed by atoms with E-state index in [0.29, 0.717) is 25.2 Å². The van der Waals surface area contributed by atoms with Crippen molar-refractivity contribution in [3.05, 3.63) is 12.0 Å². The van der Waals surface area contributed by atoms with E-state index >= 15 is 0 Å². The zero-order valence-corrected chi connectivity index (χ0v) is 12.7. The number of hydrogen-bond donors (Lipinski definition) is 0. The van der Waals surface area contributed by atoms with Crippen LogP contribution in [0.15, 0.2) is 11.2 Å². The van der Waals surface area contributed by atoms with E-state index < -0.39 is 22.0 Å². The van der Waals surface area contributed by atoms with Gasteiger partial charge in [0.1, 0.15) is 11.9 Å². The summed E-state index contributed by atoms with van der Waals surface area (Å²) in [6, 6.07) is -0.734. The number of carbonyl (C=O) groups is 1. The lowest BCUT2D eigenvalue weighted by atomic mass is 10.2. The van der Waals surface area contributed by atoms with Gasteiger partial charge in [0, 0.05) is 19.8 Å². The normalized spacial score (nSPS) is 20.2. The standard InChI is InChI=1S/C12H19N3O4S/c1-4-19-12(16)10-6-5-7-15(10)20(17,18)11-8-14(3)9(2)13-11/h8,10H,4-7H2,1-3H3. The molecule has 2 rings (SSSR count). The second-order valence-electron chi connectivity index (χ2n) is 4.76. The van der Waals surface area contributed by atoms with Crippen LogP contribution in [0.5, 0.6) is 0 Å². The third kappa shape index (κ3) is 2.57. The van der Waals surface area contributed by atoms with E-state index in [1.54, 1.807) is 25.5 Å². The Hall–Kier alpha value is -1.41. The van der Waals surface area contributed by atoms with Crippen LogP contribution in [0.25, 0.3) is 0 Å². The summed E-state index contributed by atoms with van der Waals surface area (Å²) in [4.78, 5) is 15.9. The monoisotopic (exact) mass is 301 g/mol. The number of aryl methyl sites for hydroxylation is 2. The van der Waals surface area contributed by atoms with Gasteiger partial charge >= 0.3 is 5.97 Å². The molecule has 0 spiro atoms. The smallest absolute Gasteiger partial charge is 0.324 e. The van der Waals surface area contributed by atoms with Crippen molar-refractivity contribution in [3.8, 4) is 0 Å². The molecule has 8 heteroatoms. The Kier molecular flexibility index (Phi) is 4.14. The van der Waals surface area contributed by atoms with Gasteiger partial charge in [-0.1, -0.05) is 0 Å². The molecule has 0 amide bonds. The molecule has 1 fully saturated rings. The number of imidazole rings is 1. The molecule has 2 heterocycles. The third-order valence-electron chi connectivity index (χ3n) is 3.42. The lowest BCUT2D eigenvalue weighted by molar-refractivity contribution is -0.146. The highest BCUT2D eigenvalue weighted by Gasteiger charge is 2.41. The van der Waals surface area contributed by atoms with E-state index in [1.165, 1.54) is 10.5 Å². The maximum atomic E-state index is 12.6. The van der Waals surface area contributed by atoms with Crippen molar-refractivity contribution in [2.45, 2.75) is 37.8 Å². The van der Waals surface area contributed by atoms with Crippen LogP contribution in [0.1, 0.15) is 25.6 Å². The second-order valence-corrected chi connectivity index (χ2v) is 6.60. The first-order valence-electron chi connectivity index (χ1n) is 6.56. The molecular formula is C12H19N3O4S. The van der Waals surface area contributed by atoms with Crippen molar-refractivity contribution in [2.75, 3.05) is 13.2 Å². The number of ether oxygens (including phenoxy) is 1. The van der Waals surface area contributed by atoms with Gasteiger partial charge in [0.2, 0.25) is 0 Å². The highest BCUT2D eigenvalue weighted by atomic mass is 32.2. The molecule has 1 atom stereocenters. The summed E-state index contributed by atoms with van der Waals surface area (Å²) < 4.78 is 32.9. The lowest BCUT2D eigenvalue weighted by Gasteiger charge is -2.21. The number of esters is 1. The minimum absolute atomic E-state index is 0.0197. The van der Waals surface area contributed by atoms with Crippen LogP contribution in [0.2, 0.25) is 0 Å². The Morgan fingerprint density at radius 2 is 2.25 bits per heavy atom. The van der Waals surface area contributed by atoms with Gasteiger partial charge in [-0.2, -0.15) is 4.31 Å². The van der Waals surface area contributed by atoms with Gasteiger partial charge in [-0.15, -0.1) is 0 Å². The fourth-order valence-corrected chi connectivity index (χ4v) is 3.95. The Balaban J connectivity index is 2.31. The predicted molar refractivity (Wildman–Crippen MR) is 71.5 cm³/mol. The molecule has 1 aliphatic heterocycles. The van der Waals surface area contributed by atoms with Gasteiger partial charge in [-0.05, 0) is 26.7 Å². The Morgan fingerprint density at radius 1 is 1.55 bits per heavy atom. The van der Waals surface area contributed by atoms with Crippen molar-refractivity contribution in [2.24, 2.45) is 7.05 Å². The minimum atomic E-state index is -3.75. The quantitative estimate of drug-likeness (QED) is 0.754. The van der Waals surface area contributed by atoms with Crippen LogP contribution in [0, 0.1) is 6.92 Å². The van der Waals surface area contributed by atoms with Crippen LogP contribution in [-0.4, -0.2) is 47.4 Å². The number of carbonyl (C=O) groups excluding carboxylic acids is 1. The number of sulfonamides is 1. The van der Waals surface area contributed by atoms with Gasteiger partial charge in [0.05, 0.1) is 6.61 Å². The maximum absolute atomic E-state index is 12.6. The van der Waals surface area contributed by atoms with Crippen molar-refractivity contribution < 1.29 is 17.9 Å². The Morgan fingerprint density at radius 3 is 2.80 bits per heavy atom. The fraction of sp³-hybridized carbons (Fsp3) is 0.667. The molecule has 7 nitrogen and oxygen atoms in total. The van der Waals surface area contributed by atoms with E-state index in [9.17, 15) is 13.2 Å². The van der Waals surface area contributed by atoms with Gasteiger partial charge in [-0.3, -0.25) is 4.79 Å². The summed E-state index contributed by atoms with van der Waals surface area (Å²) in [5.74, 6) is 0.122. The summed E-state index contributed by atoms with van der Waals surface area (Å²) in [5, 5.41) is -0.0197.